The van der Waals surface area contributed by atoms with E-state index in [0.29, 0.717) is 30.7 Å². The second-order valence-corrected chi connectivity index (χ2v) is 12.6. The van der Waals surface area contributed by atoms with Crippen molar-refractivity contribution < 1.29 is 39.2 Å². The number of carbonyl (C=O) groups excluding carboxylic acids is 3. The van der Waals surface area contributed by atoms with E-state index in [1.807, 2.05) is 13.8 Å². The molecule has 0 saturated heterocycles. The average Bonchev–Trinajstić information content (AvgIpc) is 2.98. The molecule has 0 aliphatic heterocycles. The topological polar surface area (TPSA) is 130 Å². The summed E-state index contributed by atoms with van der Waals surface area (Å²) in [6.45, 7) is 8.75. The summed E-state index contributed by atoms with van der Waals surface area (Å²) in [6, 6.07) is 6.13. The first-order valence-electron chi connectivity index (χ1n) is 13.2. The number of carbonyl (C=O) groups is 3. The Morgan fingerprint density at radius 3 is 2.37 bits per heavy atom. The molecule has 0 heterocycles. The third-order valence-corrected chi connectivity index (χ3v) is 10.3. The van der Waals surface area contributed by atoms with Crippen LogP contribution in [0.25, 0.3) is 0 Å². The molecular weight excluding hydrogens is 512 g/mol. The summed E-state index contributed by atoms with van der Waals surface area (Å²) in [5.41, 5.74) is -3.08. The van der Waals surface area contributed by atoms with Crippen molar-refractivity contribution in [2.24, 2.45) is 34.0 Å². The Bertz CT molecular complexity index is 1180. The van der Waals surface area contributed by atoms with E-state index in [0.717, 1.165) is 0 Å². The summed E-state index contributed by atoms with van der Waals surface area (Å²) < 4.78 is 11.8. The Morgan fingerprint density at radius 2 is 1.76 bits per heavy atom. The average molecular weight is 547 g/mol. The fourth-order valence-electron chi connectivity index (χ4n) is 8.75. The molecule has 206 valence electrons. The number of halogens is 1. The molecule has 2 bridgehead atoms. The molecule has 1 spiro atoms. The van der Waals surface area contributed by atoms with Crippen molar-refractivity contribution in [3.8, 4) is 0 Å². The van der Waals surface area contributed by atoms with Crippen molar-refractivity contribution in [2.45, 2.75) is 70.9 Å². The monoisotopic (exact) mass is 546 g/mol. The van der Waals surface area contributed by atoms with E-state index in [4.69, 9.17) is 21.1 Å². The molecule has 1 unspecified atom stereocenters. The Balaban J connectivity index is 1.68. The molecule has 0 amide bonds. The van der Waals surface area contributed by atoms with Gasteiger partial charge in [0.25, 0.3) is 0 Å². The lowest BCUT2D eigenvalue weighted by atomic mass is 9.38. The second kappa shape index (κ2) is 9.15. The molecule has 4 fully saturated rings. The number of fused-ring (bicyclic) bond motifs is 3. The zero-order valence-electron chi connectivity index (χ0n) is 21.9. The number of ether oxygens (including phenoxy) is 2. The number of aliphatic hydroxyl groups is 3. The largest absolute Gasteiger partial charge is 0.462 e. The lowest BCUT2D eigenvalue weighted by molar-refractivity contribution is -0.302. The van der Waals surface area contributed by atoms with Crippen LogP contribution in [0.15, 0.2) is 36.4 Å². The van der Waals surface area contributed by atoms with Crippen LogP contribution in [0.2, 0.25) is 5.02 Å². The van der Waals surface area contributed by atoms with E-state index in [9.17, 15) is 29.7 Å². The summed E-state index contributed by atoms with van der Waals surface area (Å²) in [6.07, 6.45) is -3.09. The van der Waals surface area contributed by atoms with Crippen LogP contribution in [-0.4, -0.2) is 64.1 Å². The van der Waals surface area contributed by atoms with Gasteiger partial charge in [-0.15, -0.1) is 0 Å². The van der Waals surface area contributed by atoms with Gasteiger partial charge in [0.1, 0.15) is 17.6 Å². The molecule has 8 nitrogen and oxygen atoms in total. The zero-order valence-corrected chi connectivity index (χ0v) is 22.6. The van der Waals surface area contributed by atoms with Crippen LogP contribution in [-0.2, 0) is 19.1 Å². The fourth-order valence-corrected chi connectivity index (χ4v) is 8.88. The van der Waals surface area contributed by atoms with Crippen LogP contribution in [0.1, 0.15) is 56.8 Å². The van der Waals surface area contributed by atoms with Gasteiger partial charge in [0.2, 0.25) is 0 Å². The number of hydrogen-bond acceptors (Lipinski definition) is 8. The Hall–Kier alpha value is -2.26. The van der Waals surface area contributed by atoms with Gasteiger partial charge in [-0.3, -0.25) is 9.59 Å². The maximum absolute atomic E-state index is 14.1. The van der Waals surface area contributed by atoms with Gasteiger partial charge in [0.05, 0.1) is 24.4 Å². The van der Waals surface area contributed by atoms with E-state index in [1.54, 1.807) is 12.1 Å². The molecule has 4 aliphatic rings. The van der Waals surface area contributed by atoms with Crippen LogP contribution < -0.4 is 0 Å². The molecule has 1 aromatic rings. The number of benzene rings is 1. The Kier molecular flexibility index (Phi) is 6.58. The van der Waals surface area contributed by atoms with E-state index in [2.05, 4.69) is 6.58 Å². The van der Waals surface area contributed by atoms with Gasteiger partial charge in [0.15, 0.2) is 5.78 Å². The van der Waals surface area contributed by atoms with Gasteiger partial charge in [-0.1, -0.05) is 32.0 Å². The minimum atomic E-state index is -1.74. The third kappa shape index (κ3) is 3.49. The number of rotatable bonds is 4. The number of ketones is 1. The van der Waals surface area contributed by atoms with E-state index in [-0.39, 0.29) is 11.1 Å². The normalized spacial score (nSPS) is 41.2. The highest BCUT2D eigenvalue weighted by molar-refractivity contribution is 6.30. The fraction of sp³-hybridized carbons (Fsp3) is 0.621. The molecule has 9 atom stereocenters. The van der Waals surface area contributed by atoms with Crippen LogP contribution in [0.5, 0.6) is 0 Å². The lowest BCUT2D eigenvalue weighted by Crippen LogP contribution is -2.76. The van der Waals surface area contributed by atoms with Crippen LogP contribution >= 0.6 is 11.6 Å². The van der Waals surface area contributed by atoms with E-state index < -0.39 is 82.7 Å². The molecule has 9 heteroatoms. The van der Waals surface area contributed by atoms with Gasteiger partial charge < -0.3 is 24.8 Å². The summed E-state index contributed by atoms with van der Waals surface area (Å²) in [5.74, 6) is -3.67. The zero-order chi connectivity index (χ0) is 27.8. The third-order valence-electron chi connectivity index (χ3n) is 10.1. The van der Waals surface area contributed by atoms with Crippen molar-refractivity contribution >= 4 is 29.3 Å². The van der Waals surface area contributed by atoms with Gasteiger partial charge in [-0.2, -0.15) is 0 Å². The SMILES string of the molecule is C=C1C(=O)[C@]23[C@H](OC(=O)c4ccc(Cl)cc4)[C@H]1CC[C@H]2[C@]1(CO)C(OC(C)=O)CCC(C)(C)[C@H]1[C@H](O)[C@@H]3O. The molecule has 0 aromatic heterocycles. The van der Waals surface area contributed by atoms with Gasteiger partial charge in [-0.05, 0) is 66.9 Å². The number of aliphatic hydroxyl groups excluding tert-OH is 3. The summed E-state index contributed by atoms with van der Waals surface area (Å²) in [5, 5.41) is 35.2. The van der Waals surface area contributed by atoms with Gasteiger partial charge >= 0.3 is 11.9 Å². The molecule has 5 rings (SSSR count). The van der Waals surface area contributed by atoms with Gasteiger partial charge in [-0.25, -0.2) is 4.79 Å². The highest BCUT2D eigenvalue weighted by Crippen LogP contribution is 2.71. The van der Waals surface area contributed by atoms with E-state index in [1.165, 1.54) is 19.1 Å². The molecular formula is C29H35ClO8. The second-order valence-electron chi connectivity index (χ2n) is 12.2. The molecule has 4 saturated carbocycles. The predicted molar refractivity (Wildman–Crippen MR) is 137 cm³/mol. The number of Topliss-reactive ketones (excluding diaryl/α,β-unsaturated/α-hetero) is 1. The predicted octanol–water partition coefficient (Wildman–Crippen LogP) is 3.10. The smallest absolute Gasteiger partial charge is 0.338 e. The van der Waals surface area contributed by atoms with Gasteiger partial charge in [0, 0.05) is 29.2 Å². The molecule has 3 N–H and O–H groups in total. The maximum atomic E-state index is 14.1. The first kappa shape index (κ1) is 27.3. The quantitative estimate of drug-likeness (QED) is 0.388. The first-order valence-corrected chi connectivity index (χ1v) is 13.6. The van der Waals surface area contributed by atoms with Crippen LogP contribution in [0.4, 0.5) is 0 Å². The summed E-state index contributed by atoms with van der Waals surface area (Å²) >= 11 is 5.97. The van der Waals surface area contributed by atoms with E-state index >= 15 is 0 Å². The summed E-state index contributed by atoms with van der Waals surface area (Å²) in [7, 11) is 0. The minimum Gasteiger partial charge on any atom is -0.462 e. The minimum absolute atomic E-state index is 0.225. The Morgan fingerprint density at radius 1 is 1.11 bits per heavy atom. The van der Waals surface area contributed by atoms with Crippen LogP contribution in [0, 0.1) is 34.0 Å². The molecule has 4 aliphatic carbocycles. The first-order chi connectivity index (χ1) is 17.8. The highest BCUT2D eigenvalue weighted by atomic mass is 35.5. The van der Waals surface area contributed by atoms with Crippen molar-refractivity contribution in [3.63, 3.8) is 0 Å². The van der Waals surface area contributed by atoms with Crippen LogP contribution in [0.3, 0.4) is 0 Å². The van der Waals surface area contributed by atoms with Crippen molar-refractivity contribution in [3.05, 3.63) is 47.0 Å². The maximum Gasteiger partial charge on any atom is 0.338 e. The summed E-state index contributed by atoms with van der Waals surface area (Å²) in [4.78, 5) is 39.6. The van der Waals surface area contributed by atoms with Crippen molar-refractivity contribution in [2.75, 3.05) is 6.61 Å². The number of esters is 2. The van der Waals surface area contributed by atoms with Crippen molar-refractivity contribution in [1.29, 1.82) is 0 Å². The number of hydrogen-bond donors (Lipinski definition) is 3. The Labute approximate surface area is 227 Å². The standard InChI is InChI=1S/C29H35ClO8/c1-14-18-9-10-19-28(13-31)20(37-15(2)32)11-12-27(3,4)22(28)21(33)24(35)29(19,23(14)34)25(18)38-26(36)16-5-7-17(30)8-6-16/h5-8,18-22,24-25,31,33,35H,1,9-13H2,2-4H3/t18-,19-,20?,21-,22+,24-,25+,28+,29+/m0/s1. The highest BCUT2D eigenvalue weighted by Gasteiger charge is 2.80. The molecule has 1 aromatic carbocycles. The van der Waals surface area contributed by atoms with Crippen molar-refractivity contribution in [1.82, 2.24) is 0 Å². The molecule has 0 radical (unpaired) electrons. The lowest BCUT2D eigenvalue weighted by Gasteiger charge is -2.68. The molecule has 38 heavy (non-hydrogen) atoms.